The van der Waals surface area contributed by atoms with Crippen molar-refractivity contribution < 1.29 is 5.11 Å². The van der Waals surface area contributed by atoms with Crippen molar-refractivity contribution in [2.24, 2.45) is 0 Å². The van der Waals surface area contributed by atoms with Crippen LogP contribution in [0.25, 0.3) is 10.9 Å². The van der Waals surface area contributed by atoms with Crippen molar-refractivity contribution in [1.29, 1.82) is 0 Å². The van der Waals surface area contributed by atoms with E-state index >= 15 is 0 Å². The fraction of sp³-hybridized carbons (Fsp3) is 0.538. The highest BCUT2D eigenvalue weighted by molar-refractivity contribution is 5.90. The van der Waals surface area contributed by atoms with Gasteiger partial charge in [-0.25, -0.2) is 19.9 Å². The summed E-state index contributed by atoms with van der Waals surface area (Å²) in [5.41, 5.74) is 2.71. The smallest absolute Gasteiger partial charge is 0.229 e. The molecular weight excluding hydrogens is 440 g/mol. The minimum atomic E-state index is -0.634. The van der Waals surface area contributed by atoms with Crippen LogP contribution in [-0.4, -0.2) is 80.2 Å². The van der Waals surface area contributed by atoms with E-state index < -0.39 is 6.10 Å². The Balaban J connectivity index is 1.24. The van der Waals surface area contributed by atoms with E-state index in [4.69, 9.17) is 9.97 Å². The number of hydrogen-bond acceptors (Lipinski definition) is 9. The molecule has 0 saturated carbocycles. The van der Waals surface area contributed by atoms with Gasteiger partial charge in [-0.2, -0.15) is 0 Å². The van der Waals surface area contributed by atoms with Gasteiger partial charge in [0.2, 0.25) is 5.95 Å². The van der Waals surface area contributed by atoms with Gasteiger partial charge in [-0.3, -0.25) is 4.90 Å². The first-order chi connectivity index (χ1) is 17.0. The lowest BCUT2D eigenvalue weighted by Gasteiger charge is -2.32. The first-order valence-corrected chi connectivity index (χ1v) is 12.8. The lowest BCUT2D eigenvalue weighted by molar-refractivity contribution is 0.148. The Labute approximate surface area is 206 Å². The van der Waals surface area contributed by atoms with E-state index in [1.165, 1.54) is 31.2 Å². The largest absolute Gasteiger partial charge is 0.387 e. The Morgan fingerprint density at radius 1 is 1.00 bits per heavy atom. The van der Waals surface area contributed by atoms with Crippen molar-refractivity contribution in [3.05, 3.63) is 41.9 Å². The van der Waals surface area contributed by atoms with Gasteiger partial charge in [-0.05, 0) is 57.4 Å². The Hall–Kier alpha value is -2.88. The highest BCUT2D eigenvalue weighted by Crippen LogP contribution is 2.42. The molecule has 35 heavy (non-hydrogen) atoms. The van der Waals surface area contributed by atoms with Crippen LogP contribution >= 0.6 is 0 Å². The number of pyridine rings is 2. The number of piperazine rings is 1. The van der Waals surface area contributed by atoms with E-state index in [1.54, 1.807) is 6.92 Å². The highest BCUT2D eigenvalue weighted by Gasteiger charge is 2.41. The Kier molecular flexibility index (Phi) is 5.99. The number of aliphatic hydroxyl groups excluding tert-OH is 1. The zero-order chi connectivity index (χ0) is 23.9. The molecule has 9 heteroatoms. The summed E-state index contributed by atoms with van der Waals surface area (Å²) in [7, 11) is 2.18. The SMILES string of the molecule is C[C@@H](O)c1cc2cnc(Nc3ccc(CN4CCN(C)CC4)cn3)nc2c(N2C3CCC2CC3)n1. The number of rotatable bonds is 6. The molecule has 3 aliphatic heterocycles. The van der Waals surface area contributed by atoms with Gasteiger partial charge in [0.15, 0.2) is 5.82 Å². The van der Waals surface area contributed by atoms with Gasteiger partial charge in [-0.15, -0.1) is 0 Å². The van der Waals surface area contributed by atoms with Crippen LogP contribution in [0.15, 0.2) is 30.6 Å². The lowest BCUT2D eigenvalue weighted by Crippen LogP contribution is -2.43. The summed E-state index contributed by atoms with van der Waals surface area (Å²) in [6.45, 7) is 7.08. The third-order valence-corrected chi connectivity index (χ3v) is 7.76. The van der Waals surface area contributed by atoms with Crippen molar-refractivity contribution in [2.45, 2.75) is 57.3 Å². The molecule has 0 aromatic carbocycles. The second-order valence-corrected chi connectivity index (χ2v) is 10.3. The van der Waals surface area contributed by atoms with Crippen LogP contribution in [0.4, 0.5) is 17.6 Å². The number of anilines is 3. The molecule has 3 saturated heterocycles. The first-order valence-electron chi connectivity index (χ1n) is 12.8. The van der Waals surface area contributed by atoms with Gasteiger partial charge in [0.25, 0.3) is 0 Å². The van der Waals surface area contributed by atoms with Crippen LogP contribution in [0, 0.1) is 0 Å². The van der Waals surface area contributed by atoms with Crippen molar-refractivity contribution >= 4 is 28.5 Å². The zero-order valence-electron chi connectivity index (χ0n) is 20.6. The third-order valence-electron chi connectivity index (χ3n) is 7.76. The summed E-state index contributed by atoms with van der Waals surface area (Å²) in [4.78, 5) is 26.2. The Morgan fingerprint density at radius 3 is 2.40 bits per heavy atom. The van der Waals surface area contributed by atoms with E-state index in [0.29, 0.717) is 23.7 Å². The first kappa shape index (κ1) is 22.6. The molecule has 3 aromatic heterocycles. The molecular formula is C26H34N8O. The molecule has 3 aliphatic rings. The van der Waals surface area contributed by atoms with E-state index in [-0.39, 0.29) is 0 Å². The minimum absolute atomic E-state index is 0.510. The summed E-state index contributed by atoms with van der Waals surface area (Å²) in [6.07, 6.45) is 7.93. The number of aliphatic hydroxyl groups is 1. The predicted molar refractivity (Wildman–Crippen MR) is 137 cm³/mol. The average Bonchev–Trinajstić information content (AvgIpc) is 3.46. The van der Waals surface area contributed by atoms with Crippen molar-refractivity contribution in [1.82, 2.24) is 29.7 Å². The molecule has 1 atom stereocenters. The van der Waals surface area contributed by atoms with Crippen LogP contribution in [0.5, 0.6) is 0 Å². The monoisotopic (exact) mass is 474 g/mol. The summed E-state index contributed by atoms with van der Waals surface area (Å²) in [5, 5.41) is 14.4. The second kappa shape index (κ2) is 9.29. The summed E-state index contributed by atoms with van der Waals surface area (Å²) >= 11 is 0. The van der Waals surface area contributed by atoms with Gasteiger partial charge < -0.3 is 20.2 Å². The number of hydrogen-bond donors (Lipinski definition) is 2. The van der Waals surface area contributed by atoms with E-state index in [9.17, 15) is 5.11 Å². The van der Waals surface area contributed by atoms with Crippen LogP contribution in [0.1, 0.15) is 50.0 Å². The second-order valence-electron chi connectivity index (χ2n) is 10.3. The van der Waals surface area contributed by atoms with Crippen molar-refractivity contribution in [2.75, 3.05) is 43.4 Å². The molecule has 3 fully saturated rings. The number of nitrogens with zero attached hydrogens (tertiary/aromatic N) is 7. The maximum atomic E-state index is 10.2. The van der Waals surface area contributed by atoms with Crippen LogP contribution in [-0.2, 0) is 6.54 Å². The Morgan fingerprint density at radius 2 is 1.74 bits per heavy atom. The predicted octanol–water partition coefficient (Wildman–Crippen LogP) is 3.10. The average molecular weight is 475 g/mol. The molecule has 0 aliphatic carbocycles. The molecule has 0 radical (unpaired) electrons. The quantitative estimate of drug-likeness (QED) is 0.559. The van der Waals surface area contributed by atoms with E-state index in [2.05, 4.69) is 43.1 Å². The molecule has 2 bridgehead atoms. The van der Waals surface area contributed by atoms with E-state index in [1.807, 2.05) is 24.5 Å². The van der Waals surface area contributed by atoms with Gasteiger partial charge in [-0.1, -0.05) is 6.07 Å². The molecule has 6 heterocycles. The van der Waals surface area contributed by atoms with Crippen LogP contribution in [0.2, 0.25) is 0 Å². The molecule has 0 amide bonds. The van der Waals surface area contributed by atoms with Crippen molar-refractivity contribution in [3.63, 3.8) is 0 Å². The molecule has 2 N–H and O–H groups in total. The summed E-state index contributed by atoms with van der Waals surface area (Å²) < 4.78 is 0. The van der Waals surface area contributed by atoms with Gasteiger partial charge >= 0.3 is 0 Å². The fourth-order valence-corrected chi connectivity index (χ4v) is 5.73. The standard InChI is InChI=1S/C26H34N8O/c1-17(35)22-13-19-15-28-26(31-24(19)25(29-22)34-20-4-5-21(34)7-6-20)30-23-8-3-18(14-27-23)16-33-11-9-32(2)10-12-33/h3,8,13-15,17,20-21,35H,4-7,9-12,16H2,1-2H3,(H,27,28,30,31)/t17-,20?,21?/m1/s1. The summed E-state index contributed by atoms with van der Waals surface area (Å²) in [6, 6.07) is 7.05. The van der Waals surface area contributed by atoms with Crippen LogP contribution < -0.4 is 10.2 Å². The molecule has 184 valence electrons. The number of fused-ring (bicyclic) bond motifs is 3. The number of nitrogens with one attached hydrogen (secondary N) is 1. The number of likely N-dealkylation sites (N-methyl/N-ethyl adjacent to an activating group) is 1. The minimum Gasteiger partial charge on any atom is -0.387 e. The fourth-order valence-electron chi connectivity index (χ4n) is 5.73. The highest BCUT2D eigenvalue weighted by atomic mass is 16.3. The number of aromatic nitrogens is 4. The maximum absolute atomic E-state index is 10.2. The third kappa shape index (κ3) is 4.55. The molecule has 9 nitrogen and oxygen atoms in total. The van der Waals surface area contributed by atoms with E-state index in [0.717, 1.165) is 55.3 Å². The van der Waals surface area contributed by atoms with Gasteiger partial charge in [0.1, 0.15) is 11.3 Å². The van der Waals surface area contributed by atoms with Gasteiger partial charge in [0, 0.05) is 62.6 Å². The topological polar surface area (TPSA) is 93.5 Å². The zero-order valence-corrected chi connectivity index (χ0v) is 20.6. The van der Waals surface area contributed by atoms with Crippen molar-refractivity contribution in [3.8, 4) is 0 Å². The molecule has 6 rings (SSSR count). The normalized spacial score (nSPS) is 23.8. The van der Waals surface area contributed by atoms with Gasteiger partial charge in [0.05, 0.1) is 11.8 Å². The maximum Gasteiger partial charge on any atom is 0.229 e. The lowest BCUT2D eigenvalue weighted by atomic mass is 10.0. The van der Waals surface area contributed by atoms with Crippen LogP contribution in [0.3, 0.4) is 0 Å². The Bertz CT molecular complexity index is 1170. The summed E-state index contributed by atoms with van der Waals surface area (Å²) in [5.74, 6) is 2.11. The molecule has 0 spiro atoms. The molecule has 3 aromatic rings. The molecule has 0 unspecified atom stereocenters.